The molecule has 2 atom stereocenters. The largest absolute Gasteiger partial charge is 0.348 e. The number of hydrogen-bond donors (Lipinski definition) is 1. The van der Waals surface area contributed by atoms with Crippen LogP contribution in [0.2, 0.25) is 0 Å². The number of hydrogen-bond acceptors (Lipinski definition) is 3. The van der Waals surface area contributed by atoms with Gasteiger partial charge < -0.3 is 5.32 Å². The van der Waals surface area contributed by atoms with Crippen molar-refractivity contribution < 1.29 is 4.79 Å². The number of aromatic nitrogens is 1. The van der Waals surface area contributed by atoms with E-state index in [1.165, 1.54) is 17.5 Å². The molecule has 2 unspecified atom stereocenters. The summed E-state index contributed by atoms with van der Waals surface area (Å²) in [5, 5.41) is 3.01. The zero-order valence-electron chi connectivity index (χ0n) is 15.1. The minimum Gasteiger partial charge on any atom is -0.348 e. The Morgan fingerprint density at radius 2 is 1.84 bits per heavy atom. The topological polar surface area (TPSA) is 45.2 Å². The number of likely N-dealkylation sites (tertiary alicyclic amines) is 1. The number of pyridine rings is 1. The van der Waals surface area contributed by atoms with Gasteiger partial charge in [-0.1, -0.05) is 38.1 Å². The first-order valence-corrected chi connectivity index (χ1v) is 9.09. The number of nitrogens with zero attached hydrogens (tertiary/aromatic N) is 2. The van der Waals surface area contributed by atoms with E-state index >= 15 is 0 Å². The molecule has 4 nitrogen and oxygen atoms in total. The predicted octanol–water partition coefficient (Wildman–Crippen LogP) is 3.49. The van der Waals surface area contributed by atoms with Gasteiger partial charge in [0.25, 0.3) is 5.91 Å². The SMILES string of the molecule is CC1CC(C)CN(Cc2ccccc2CNC(=O)c2cccnc2)C1. The molecule has 132 valence electrons. The lowest BCUT2D eigenvalue weighted by Gasteiger charge is -2.35. The van der Waals surface area contributed by atoms with E-state index < -0.39 is 0 Å². The van der Waals surface area contributed by atoms with E-state index in [0.717, 1.165) is 31.5 Å². The lowest BCUT2D eigenvalue weighted by atomic mass is 9.91. The zero-order valence-corrected chi connectivity index (χ0v) is 15.1. The molecule has 1 aliphatic rings. The number of benzene rings is 1. The summed E-state index contributed by atoms with van der Waals surface area (Å²) in [5.74, 6) is 1.42. The Morgan fingerprint density at radius 3 is 2.52 bits per heavy atom. The van der Waals surface area contributed by atoms with E-state index in [1.807, 2.05) is 6.07 Å². The van der Waals surface area contributed by atoms with Crippen molar-refractivity contribution in [2.75, 3.05) is 13.1 Å². The molecule has 1 saturated heterocycles. The van der Waals surface area contributed by atoms with Gasteiger partial charge in [-0.25, -0.2) is 0 Å². The van der Waals surface area contributed by atoms with E-state index in [2.05, 4.69) is 47.2 Å². The van der Waals surface area contributed by atoms with Gasteiger partial charge in [-0.05, 0) is 41.5 Å². The molecule has 1 aliphatic heterocycles. The van der Waals surface area contributed by atoms with Gasteiger partial charge in [0.15, 0.2) is 0 Å². The van der Waals surface area contributed by atoms with Crippen LogP contribution in [0.15, 0.2) is 48.8 Å². The van der Waals surface area contributed by atoms with Crippen LogP contribution in [0.5, 0.6) is 0 Å². The molecule has 0 aliphatic carbocycles. The second-order valence-corrected chi connectivity index (χ2v) is 7.33. The second kappa shape index (κ2) is 8.26. The number of carbonyl (C=O) groups is 1. The Bertz CT molecular complexity index is 691. The van der Waals surface area contributed by atoms with Gasteiger partial charge in [-0.15, -0.1) is 0 Å². The number of piperidine rings is 1. The molecule has 1 fully saturated rings. The van der Waals surface area contributed by atoms with Crippen molar-refractivity contribution >= 4 is 5.91 Å². The van der Waals surface area contributed by atoms with Crippen LogP contribution in [-0.2, 0) is 13.1 Å². The van der Waals surface area contributed by atoms with E-state index in [0.29, 0.717) is 12.1 Å². The minimum atomic E-state index is -0.0804. The maximum atomic E-state index is 12.2. The average molecular weight is 337 g/mol. The van der Waals surface area contributed by atoms with Crippen molar-refractivity contribution in [2.45, 2.75) is 33.4 Å². The third-order valence-corrected chi connectivity index (χ3v) is 4.82. The Balaban J connectivity index is 1.64. The first kappa shape index (κ1) is 17.6. The Kier molecular flexibility index (Phi) is 5.82. The fourth-order valence-electron chi connectivity index (χ4n) is 3.82. The number of carbonyl (C=O) groups excluding carboxylic acids is 1. The maximum absolute atomic E-state index is 12.2. The molecule has 1 N–H and O–H groups in total. The van der Waals surface area contributed by atoms with Crippen LogP contribution >= 0.6 is 0 Å². The van der Waals surface area contributed by atoms with Crippen LogP contribution in [0.3, 0.4) is 0 Å². The standard InChI is InChI=1S/C21H27N3O/c1-16-10-17(2)14-24(13-16)15-20-7-4-3-6-18(20)12-23-21(25)19-8-5-9-22-11-19/h3-9,11,16-17H,10,12-15H2,1-2H3,(H,23,25). The second-order valence-electron chi connectivity index (χ2n) is 7.33. The van der Waals surface area contributed by atoms with Crippen molar-refractivity contribution in [3.63, 3.8) is 0 Å². The molecular weight excluding hydrogens is 310 g/mol. The maximum Gasteiger partial charge on any atom is 0.253 e. The van der Waals surface area contributed by atoms with E-state index in [1.54, 1.807) is 24.5 Å². The number of nitrogens with one attached hydrogen (secondary N) is 1. The lowest BCUT2D eigenvalue weighted by Crippen LogP contribution is -2.38. The molecule has 0 bridgehead atoms. The van der Waals surface area contributed by atoms with E-state index in [-0.39, 0.29) is 5.91 Å². The van der Waals surface area contributed by atoms with Gasteiger partial charge in [0.2, 0.25) is 0 Å². The van der Waals surface area contributed by atoms with E-state index in [9.17, 15) is 4.79 Å². The van der Waals surface area contributed by atoms with Crippen molar-refractivity contribution in [3.8, 4) is 0 Å². The summed E-state index contributed by atoms with van der Waals surface area (Å²) in [5.41, 5.74) is 3.08. The summed E-state index contributed by atoms with van der Waals surface area (Å²) in [4.78, 5) is 18.8. The van der Waals surface area contributed by atoms with Gasteiger partial charge in [-0.2, -0.15) is 0 Å². The third-order valence-electron chi connectivity index (χ3n) is 4.82. The van der Waals surface area contributed by atoms with Crippen LogP contribution in [0, 0.1) is 11.8 Å². The molecule has 3 rings (SSSR count). The minimum absolute atomic E-state index is 0.0804. The highest BCUT2D eigenvalue weighted by Gasteiger charge is 2.22. The highest BCUT2D eigenvalue weighted by molar-refractivity contribution is 5.93. The van der Waals surface area contributed by atoms with Gasteiger partial charge in [-0.3, -0.25) is 14.7 Å². The Hall–Kier alpha value is -2.20. The lowest BCUT2D eigenvalue weighted by molar-refractivity contribution is 0.0950. The normalized spacial score (nSPS) is 21.0. The summed E-state index contributed by atoms with van der Waals surface area (Å²) in [6, 6.07) is 12.0. The molecule has 2 aromatic rings. The summed E-state index contributed by atoms with van der Waals surface area (Å²) in [7, 11) is 0. The van der Waals surface area contributed by atoms with Crippen LogP contribution in [0.1, 0.15) is 41.8 Å². The average Bonchev–Trinajstić information content (AvgIpc) is 2.60. The number of amides is 1. The first-order chi connectivity index (χ1) is 12.1. The fraction of sp³-hybridized carbons (Fsp3) is 0.429. The highest BCUT2D eigenvalue weighted by atomic mass is 16.1. The summed E-state index contributed by atoms with van der Waals surface area (Å²) >= 11 is 0. The Morgan fingerprint density at radius 1 is 1.12 bits per heavy atom. The van der Waals surface area contributed by atoms with Crippen LogP contribution < -0.4 is 5.32 Å². The van der Waals surface area contributed by atoms with Crippen LogP contribution in [0.4, 0.5) is 0 Å². The third kappa shape index (κ3) is 4.89. The molecule has 1 aromatic carbocycles. The quantitative estimate of drug-likeness (QED) is 0.908. The molecule has 1 aromatic heterocycles. The molecule has 2 heterocycles. The molecule has 0 spiro atoms. The molecular formula is C21H27N3O. The summed E-state index contributed by atoms with van der Waals surface area (Å²) < 4.78 is 0. The van der Waals surface area contributed by atoms with Gasteiger partial charge >= 0.3 is 0 Å². The molecule has 0 saturated carbocycles. The fourth-order valence-corrected chi connectivity index (χ4v) is 3.82. The van der Waals surface area contributed by atoms with E-state index in [4.69, 9.17) is 0 Å². The summed E-state index contributed by atoms with van der Waals surface area (Å²) in [6.45, 7) is 8.48. The molecule has 4 heteroatoms. The zero-order chi connectivity index (χ0) is 17.6. The van der Waals surface area contributed by atoms with Gasteiger partial charge in [0.05, 0.1) is 5.56 Å². The van der Waals surface area contributed by atoms with Crippen molar-refractivity contribution in [1.29, 1.82) is 0 Å². The molecule has 25 heavy (non-hydrogen) atoms. The molecule has 0 radical (unpaired) electrons. The number of rotatable bonds is 5. The molecule has 1 amide bonds. The summed E-state index contributed by atoms with van der Waals surface area (Å²) in [6.07, 6.45) is 4.59. The smallest absolute Gasteiger partial charge is 0.253 e. The highest BCUT2D eigenvalue weighted by Crippen LogP contribution is 2.23. The Labute approximate surface area is 150 Å². The van der Waals surface area contributed by atoms with Crippen molar-refractivity contribution in [3.05, 3.63) is 65.5 Å². The van der Waals surface area contributed by atoms with Crippen LogP contribution in [-0.4, -0.2) is 28.9 Å². The monoisotopic (exact) mass is 337 g/mol. The van der Waals surface area contributed by atoms with Crippen molar-refractivity contribution in [1.82, 2.24) is 15.2 Å². The van der Waals surface area contributed by atoms with Gasteiger partial charge in [0, 0.05) is 38.6 Å². The predicted molar refractivity (Wildman–Crippen MR) is 100 cm³/mol. The first-order valence-electron chi connectivity index (χ1n) is 9.09. The van der Waals surface area contributed by atoms with Crippen molar-refractivity contribution in [2.24, 2.45) is 11.8 Å². The van der Waals surface area contributed by atoms with Gasteiger partial charge in [0.1, 0.15) is 0 Å². The van der Waals surface area contributed by atoms with Crippen LogP contribution in [0.25, 0.3) is 0 Å².